The van der Waals surface area contributed by atoms with Gasteiger partial charge in [-0.05, 0) is 37.8 Å². The second kappa shape index (κ2) is 7.33. The first-order chi connectivity index (χ1) is 13.1. The van der Waals surface area contributed by atoms with Gasteiger partial charge in [-0.15, -0.1) is 0 Å². The van der Waals surface area contributed by atoms with E-state index in [0.29, 0.717) is 24.2 Å². The van der Waals surface area contributed by atoms with Crippen LogP contribution in [0, 0.1) is 0 Å². The van der Waals surface area contributed by atoms with Crippen LogP contribution in [0.15, 0.2) is 24.3 Å². The van der Waals surface area contributed by atoms with E-state index in [1.165, 1.54) is 6.42 Å². The highest BCUT2D eigenvalue weighted by Crippen LogP contribution is 2.32. The quantitative estimate of drug-likeness (QED) is 0.822. The van der Waals surface area contributed by atoms with Crippen molar-refractivity contribution < 1.29 is 14.4 Å². The van der Waals surface area contributed by atoms with E-state index in [1.54, 1.807) is 21.9 Å². The lowest BCUT2D eigenvalue weighted by atomic mass is 9.94. The Morgan fingerprint density at radius 1 is 1.07 bits per heavy atom. The Hall–Kier alpha value is -2.37. The number of hydrogen-bond donors (Lipinski definition) is 0. The van der Waals surface area contributed by atoms with Crippen molar-refractivity contribution in [2.45, 2.75) is 57.0 Å². The summed E-state index contributed by atoms with van der Waals surface area (Å²) in [5.41, 5.74) is 1.08. The van der Waals surface area contributed by atoms with Gasteiger partial charge < -0.3 is 14.7 Å². The lowest BCUT2D eigenvalue weighted by molar-refractivity contribution is -0.133. The monoisotopic (exact) mass is 369 g/mol. The third kappa shape index (κ3) is 3.22. The standard InChI is InChI=1S/C21H27N3O3/c1-22(15-8-3-2-4-9-15)19(25)14-24-17-11-6-5-10-16(17)20(26)23-13-7-12-18(23)21(24)27/h5-6,10-11,15,18H,2-4,7-9,12-14H2,1H3/t18-/m0/s1. The SMILES string of the molecule is CN(C(=O)CN1C(=O)[C@@H]2CCCN2C(=O)c2ccccc21)C1CCCCC1. The van der Waals surface area contributed by atoms with Crippen LogP contribution in [0.2, 0.25) is 0 Å². The summed E-state index contributed by atoms with van der Waals surface area (Å²) in [4.78, 5) is 44.2. The molecule has 0 bridgehead atoms. The molecule has 1 saturated heterocycles. The Bertz CT molecular complexity index is 757. The number of fused-ring (bicyclic) bond motifs is 2. The number of carbonyl (C=O) groups is 3. The minimum atomic E-state index is -0.447. The van der Waals surface area contributed by atoms with Crippen LogP contribution in [-0.4, -0.2) is 59.7 Å². The Labute approximate surface area is 160 Å². The average Bonchev–Trinajstić information content (AvgIpc) is 3.18. The molecule has 2 aliphatic heterocycles. The van der Waals surface area contributed by atoms with Gasteiger partial charge in [0.2, 0.25) is 11.8 Å². The fourth-order valence-corrected chi connectivity index (χ4v) is 4.69. The fourth-order valence-electron chi connectivity index (χ4n) is 4.69. The maximum absolute atomic E-state index is 13.2. The van der Waals surface area contributed by atoms with E-state index in [1.807, 2.05) is 24.1 Å². The highest BCUT2D eigenvalue weighted by Gasteiger charge is 2.42. The van der Waals surface area contributed by atoms with Gasteiger partial charge >= 0.3 is 0 Å². The minimum Gasteiger partial charge on any atom is -0.341 e. The number of nitrogens with zero attached hydrogens (tertiary/aromatic N) is 3. The van der Waals surface area contributed by atoms with Crippen LogP contribution < -0.4 is 4.90 Å². The Morgan fingerprint density at radius 2 is 1.81 bits per heavy atom. The minimum absolute atomic E-state index is 0.000463. The average molecular weight is 369 g/mol. The van der Waals surface area contributed by atoms with E-state index in [4.69, 9.17) is 0 Å². The molecular weight excluding hydrogens is 342 g/mol. The molecule has 1 aromatic rings. The first-order valence-electron chi connectivity index (χ1n) is 10.0. The lowest BCUT2D eigenvalue weighted by Gasteiger charge is -2.33. The first kappa shape index (κ1) is 18.0. The summed E-state index contributed by atoms with van der Waals surface area (Å²) in [6.45, 7) is 0.605. The number of hydrogen-bond acceptors (Lipinski definition) is 3. The van der Waals surface area contributed by atoms with Crippen molar-refractivity contribution in [2.75, 3.05) is 25.0 Å². The van der Waals surface area contributed by atoms with Gasteiger partial charge in [0.25, 0.3) is 5.91 Å². The summed E-state index contributed by atoms with van der Waals surface area (Å²) in [5.74, 6) is -0.280. The normalized spacial score (nSPS) is 23.1. The molecule has 0 unspecified atom stereocenters. The molecule has 144 valence electrons. The van der Waals surface area contributed by atoms with Crippen LogP contribution in [0.4, 0.5) is 5.69 Å². The van der Waals surface area contributed by atoms with Crippen LogP contribution in [0.25, 0.3) is 0 Å². The maximum Gasteiger partial charge on any atom is 0.256 e. The number of carbonyl (C=O) groups excluding carboxylic acids is 3. The molecule has 0 spiro atoms. The molecule has 0 aromatic heterocycles. The van der Waals surface area contributed by atoms with Crippen molar-refractivity contribution in [1.82, 2.24) is 9.80 Å². The van der Waals surface area contributed by atoms with Gasteiger partial charge in [-0.1, -0.05) is 31.4 Å². The molecule has 0 radical (unpaired) electrons. The molecule has 27 heavy (non-hydrogen) atoms. The van der Waals surface area contributed by atoms with Crippen molar-refractivity contribution in [3.63, 3.8) is 0 Å². The highest BCUT2D eigenvalue weighted by atomic mass is 16.2. The molecule has 3 amide bonds. The third-order valence-electron chi connectivity index (χ3n) is 6.30. The Kier molecular flexibility index (Phi) is 4.89. The number of para-hydroxylation sites is 1. The molecule has 4 rings (SSSR count). The van der Waals surface area contributed by atoms with Crippen LogP contribution in [0.3, 0.4) is 0 Å². The molecular formula is C21H27N3O3. The smallest absolute Gasteiger partial charge is 0.256 e. The van der Waals surface area contributed by atoms with Gasteiger partial charge in [-0.3, -0.25) is 14.4 Å². The van der Waals surface area contributed by atoms with Crippen molar-refractivity contribution >= 4 is 23.4 Å². The number of amides is 3. The molecule has 6 nitrogen and oxygen atoms in total. The largest absolute Gasteiger partial charge is 0.341 e. The molecule has 1 aliphatic carbocycles. The molecule has 2 heterocycles. The summed E-state index contributed by atoms with van der Waals surface area (Å²) >= 11 is 0. The van der Waals surface area contributed by atoms with Crippen LogP contribution in [0.1, 0.15) is 55.3 Å². The number of rotatable bonds is 3. The summed E-state index contributed by atoms with van der Waals surface area (Å²) in [6.07, 6.45) is 7.09. The van der Waals surface area contributed by atoms with Gasteiger partial charge in [0.05, 0.1) is 11.3 Å². The molecule has 2 fully saturated rings. The van der Waals surface area contributed by atoms with E-state index >= 15 is 0 Å². The summed E-state index contributed by atoms with van der Waals surface area (Å²) in [6, 6.07) is 6.98. The predicted molar refractivity (Wildman–Crippen MR) is 102 cm³/mol. The van der Waals surface area contributed by atoms with E-state index in [2.05, 4.69) is 0 Å². The molecule has 1 atom stereocenters. The van der Waals surface area contributed by atoms with Crippen molar-refractivity contribution in [3.05, 3.63) is 29.8 Å². The Balaban J connectivity index is 1.62. The van der Waals surface area contributed by atoms with E-state index in [-0.39, 0.29) is 30.3 Å². The zero-order valence-electron chi connectivity index (χ0n) is 15.9. The first-order valence-corrected chi connectivity index (χ1v) is 10.0. The van der Waals surface area contributed by atoms with Crippen molar-refractivity contribution in [3.8, 4) is 0 Å². The van der Waals surface area contributed by atoms with E-state index < -0.39 is 6.04 Å². The molecule has 6 heteroatoms. The topological polar surface area (TPSA) is 60.9 Å². The molecule has 0 N–H and O–H groups in total. The van der Waals surface area contributed by atoms with Gasteiger partial charge in [-0.2, -0.15) is 0 Å². The fraction of sp³-hybridized carbons (Fsp3) is 0.571. The summed E-state index contributed by atoms with van der Waals surface area (Å²) < 4.78 is 0. The van der Waals surface area contributed by atoms with Crippen molar-refractivity contribution in [1.29, 1.82) is 0 Å². The van der Waals surface area contributed by atoms with Crippen LogP contribution in [-0.2, 0) is 9.59 Å². The zero-order chi connectivity index (χ0) is 19.0. The number of likely N-dealkylation sites (N-methyl/N-ethyl adjacent to an activating group) is 1. The zero-order valence-corrected chi connectivity index (χ0v) is 15.9. The number of benzene rings is 1. The second-order valence-corrected chi connectivity index (χ2v) is 7.89. The van der Waals surface area contributed by atoms with Gasteiger partial charge in [-0.25, -0.2) is 0 Å². The summed E-state index contributed by atoms with van der Waals surface area (Å²) in [7, 11) is 1.85. The third-order valence-corrected chi connectivity index (χ3v) is 6.30. The molecule has 1 aromatic carbocycles. The maximum atomic E-state index is 13.2. The number of anilines is 1. The van der Waals surface area contributed by atoms with E-state index in [9.17, 15) is 14.4 Å². The highest BCUT2D eigenvalue weighted by molar-refractivity contribution is 6.12. The Morgan fingerprint density at radius 3 is 2.59 bits per heavy atom. The summed E-state index contributed by atoms with van der Waals surface area (Å²) in [5, 5.41) is 0. The van der Waals surface area contributed by atoms with Gasteiger partial charge in [0.1, 0.15) is 12.6 Å². The lowest BCUT2D eigenvalue weighted by Crippen LogP contribution is -2.50. The van der Waals surface area contributed by atoms with Crippen molar-refractivity contribution in [2.24, 2.45) is 0 Å². The second-order valence-electron chi connectivity index (χ2n) is 7.89. The van der Waals surface area contributed by atoms with Crippen LogP contribution in [0.5, 0.6) is 0 Å². The molecule has 1 saturated carbocycles. The van der Waals surface area contributed by atoms with E-state index in [0.717, 1.165) is 32.1 Å². The van der Waals surface area contributed by atoms with Crippen LogP contribution >= 0.6 is 0 Å². The predicted octanol–water partition coefficient (Wildman–Crippen LogP) is 2.43. The van der Waals surface area contributed by atoms with Gasteiger partial charge in [0, 0.05) is 19.6 Å². The van der Waals surface area contributed by atoms with Gasteiger partial charge in [0.15, 0.2) is 0 Å². The molecule has 3 aliphatic rings.